The topological polar surface area (TPSA) is 24.1 Å². The lowest BCUT2D eigenvalue weighted by molar-refractivity contribution is 0.279. The van der Waals surface area contributed by atoms with E-state index in [-0.39, 0.29) is 18.8 Å². The lowest BCUT2D eigenvalue weighted by atomic mass is 10.1. The zero-order valence-electron chi connectivity index (χ0n) is 5.65. The van der Waals surface area contributed by atoms with Gasteiger partial charge in [-0.3, -0.25) is 0 Å². The van der Waals surface area contributed by atoms with Crippen LogP contribution in [-0.4, -0.2) is 31.8 Å². The molecule has 3 heteroatoms. The molecule has 9 heavy (non-hydrogen) atoms. The third-order valence-electron chi connectivity index (χ3n) is 1.77. The highest BCUT2D eigenvalue weighted by Crippen LogP contribution is 1.96. The summed E-state index contributed by atoms with van der Waals surface area (Å²) in [5.41, 5.74) is 0. The van der Waals surface area contributed by atoms with Gasteiger partial charge < -0.3 is 10.6 Å². The van der Waals surface area contributed by atoms with Crippen molar-refractivity contribution in [2.75, 3.05) is 19.8 Å². The summed E-state index contributed by atoms with van der Waals surface area (Å²) in [5.74, 6) is 0. The average molecular weight is 132 g/mol. The van der Waals surface area contributed by atoms with Gasteiger partial charge in [-0.1, -0.05) is 0 Å². The van der Waals surface area contributed by atoms with Gasteiger partial charge >= 0.3 is 0 Å². The Morgan fingerprint density at radius 2 is 2.11 bits per heavy atom. The zero-order valence-corrected chi connectivity index (χ0v) is 5.65. The van der Waals surface area contributed by atoms with Gasteiger partial charge in [-0.25, -0.2) is 4.39 Å². The van der Waals surface area contributed by atoms with Gasteiger partial charge in [0, 0.05) is 19.1 Å². The Bertz CT molecular complexity index is 87.1. The first-order valence-corrected chi connectivity index (χ1v) is 3.37. The summed E-state index contributed by atoms with van der Waals surface area (Å²) in [4.78, 5) is 0. The second-order valence-corrected chi connectivity index (χ2v) is 2.46. The number of halogens is 1. The predicted molar refractivity (Wildman–Crippen MR) is 35.2 cm³/mol. The van der Waals surface area contributed by atoms with Crippen LogP contribution in [0.4, 0.5) is 4.39 Å². The van der Waals surface area contributed by atoms with E-state index in [2.05, 4.69) is 10.6 Å². The molecule has 2 nitrogen and oxygen atoms in total. The quantitative estimate of drug-likeness (QED) is 0.521. The number of hydrogen-bond donors (Lipinski definition) is 2. The zero-order chi connectivity index (χ0) is 6.69. The van der Waals surface area contributed by atoms with Gasteiger partial charge in [0.05, 0.1) is 6.04 Å². The normalized spacial score (nSPS) is 36.7. The average Bonchev–Trinajstić information content (AvgIpc) is 1.89. The van der Waals surface area contributed by atoms with Crippen molar-refractivity contribution in [1.29, 1.82) is 0 Å². The largest absolute Gasteiger partial charge is 0.311 e. The Morgan fingerprint density at radius 1 is 1.44 bits per heavy atom. The molecule has 1 heterocycles. The fourth-order valence-electron chi connectivity index (χ4n) is 1.06. The van der Waals surface area contributed by atoms with Gasteiger partial charge in [0.1, 0.15) is 6.67 Å². The summed E-state index contributed by atoms with van der Waals surface area (Å²) >= 11 is 0. The molecule has 0 bridgehead atoms. The van der Waals surface area contributed by atoms with E-state index in [1.165, 1.54) is 0 Å². The summed E-state index contributed by atoms with van der Waals surface area (Å²) in [6.07, 6.45) is 0. The summed E-state index contributed by atoms with van der Waals surface area (Å²) in [5, 5.41) is 6.26. The maximum absolute atomic E-state index is 12.0. The lowest BCUT2D eigenvalue weighted by Crippen LogP contribution is -2.55. The van der Waals surface area contributed by atoms with E-state index < -0.39 is 0 Å². The van der Waals surface area contributed by atoms with Crippen molar-refractivity contribution in [2.45, 2.75) is 19.0 Å². The van der Waals surface area contributed by atoms with E-state index in [1.54, 1.807) is 0 Å². The number of piperazine rings is 1. The van der Waals surface area contributed by atoms with Crippen LogP contribution in [-0.2, 0) is 0 Å². The third-order valence-corrected chi connectivity index (χ3v) is 1.77. The van der Waals surface area contributed by atoms with Crippen molar-refractivity contribution in [3.8, 4) is 0 Å². The maximum Gasteiger partial charge on any atom is 0.106 e. The first-order chi connectivity index (χ1) is 4.34. The molecule has 1 unspecified atom stereocenters. The molecular weight excluding hydrogens is 119 g/mol. The van der Waals surface area contributed by atoms with Gasteiger partial charge in [-0.2, -0.15) is 0 Å². The molecule has 1 rings (SSSR count). The van der Waals surface area contributed by atoms with Crippen LogP contribution in [0.25, 0.3) is 0 Å². The van der Waals surface area contributed by atoms with Crippen LogP contribution in [0.2, 0.25) is 0 Å². The highest BCUT2D eigenvalue weighted by Gasteiger charge is 2.18. The van der Waals surface area contributed by atoms with Gasteiger partial charge in [0.2, 0.25) is 0 Å². The third kappa shape index (κ3) is 1.63. The van der Waals surface area contributed by atoms with E-state index in [9.17, 15) is 4.39 Å². The van der Waals surface area contributed by atoms with E-state index in [0.717, 1.165) is 13.1 Å². The predicted octanol–water partition coefficient (Wildman–Crippen LogP) is -0.0942. The molecule has 0 amide bonds. The molecule has 0 aliphatic carbocycles. The smallest absolute Gasteiger partial charge is 0.106 e. The van der Waals surface area contributed by atoms with Gasteiger partial charge in [0.15, 0.2) is 0 Å². The summed E-state index contributed by atoms with van der Waals surface area (Å²) in [6.45, 7) is 3.57. The number of alkyl halides is 1. The molecule has 0 saturated carbocycles. The molecule has 1 aliphatic rings. The molecule has 54 valence electrons. The molecule has 0 aromatic rings. The van der Waals surface area contributed by atoms with Crippen LogP contribution in [0.15, 0.2) is 0 Å². The highest BCUT2D eigenvalue weighted by molar-refractivity contribution is 4.82. The number of nitrogens with one attached hydrogen (secondary N) is 2. The summed E-state index contributed by atoms with van der Waals surface area (Å²) in [7, 11) is 0. The van der Waals surface area contributed by atoms with Crippen LogP contribution in [0.3, 0.4) is 0 Å². The second-order valence-electron chi connectivity index (χ2n) is 2.46. The van der Waals surface area contributed by atoms with E-state index in [4.69, 9.17) is 0 Å². The standard InChI is InChI=1S/C6H13FN2/c1-5-6(4-7)9-3-2-8-5/h5-6,8-9H,2-4H2,1H3/t5-,6?/m0/s1. The Morgan fingerprint density at radius 3 is 2.56 bits per heavy atom. The van der Waals surface area contributed by atoms with Crippen LogP contribution in [0.1, 0.15) is 6.92 Å². The first-order valence-electron chi connectivity index (χ1n) is 3.37. The van der Waals surface area contributed by atoms with Gasteiger partial charge in [-0.15, -0.1) is 0 Å². The molecule has 0 spiro atoms. The molecule has 2 N–H and O–H groups in total. The van der Waals surface area contributed by atoms with Crippen molar-refractivity contribution in [3.63, 3.8) is 0 Å². The molecule has 2 atom stereocenters. The number of rotatable bonds is 1. The Balaban J connectivity index is 2.30. The lowest BCUT2D eigenvalue weighted by Gasteiger charge is -2.28. The SMILES string of the molecule is C[C@@H]1NCCNC1CF. The summed E-state index contributed by atoms with van der Waals surface area (Å²) < 4.78 is 12.0. The van der Waals surface area contributed by atoms with Crippen LogP contribution >= 0.6 is 0 Å². The minimum absolute atomic E-state index is 0.0266. The number of hydrogen-bond acceptors (Lipinski definition) is 2. The minimum Gasteiger partial charge on any atom is -0.311 e. The fraction of sp³-hybridized carbons (Fsp3) is 1.00. The molecule has 1 aliphatic heterocycles. The Hall–Kier alpha value is -0.150. The molecular formula is C6H13FN2. The van der Waals surface area contributed by atoms with Crippen LogP contribution in [0.5, 0.6) is 0 Å². The van der Waals surface area contributed by atoms with Crippen LogP contribution in [0, 0.1) is 0 Å². The van der Waals surface area contributed by atoms with Crippen molar-refractivity contribution >= 4 is 0 Å². The fourth-order valence-corrected chi connectivity index (χ4v) is 1.06. The molecule has 0 aromatic heterocycles. The van der Waals surface area contributed by atoms with Crippen molar-refractivity contribution in [2.24, 2.45) is 0 Å². The second kappa shape index (κ2) is 3.13. The molecule has 1 fully saturated rings. The van der Waals surface area contributed by atoms with Crippen molar-refractivity contribution in [1.82, 2.24) is 10.6 Å². The molecule has 1 saturated heterocycles. The Kier molecular flexibility index (Phi) is 2.42. The van der Waals surface area contributed by atoms with Crippen LogP contribution < -0.4 is 10.6 Å². The Labute approximate surface area is 54.8 Å². The van der Waals surface area contributed by atoms with E-state index in [1.807, 2.05) is 6.92 Å². The summed E-state index contributed by atoms with van der Waals surface area (Å²) in [6, 6.07) is 0.308. The van der Waals surface area contributed by atoms with Gasteiger partial charge in [-0.05, 0) is 6.92 Å². The maximum atomic E-state index is 12.0. The van der Waals surface area contributed by atoms with E-state index in [0.29, 0.717) is 0 Å². The monoisotopic (exact) mass is 132 g/mol. The minimum atomic E-state index is -0.270. The highest BCUT2D eigenvalue weighted by atomic mass is 19.1. The molecule has 0 aromatic carbocycles. The first kappa shape index (κ1) is 6.96. The van der Waals surface area contributed by atoms with Crippen molar-refractivity contribution < 1.29 is 4.39 Å². The van der Waals surface area contributed by atoms with E-state index >= 15 is 0 Å². The molecule has 0 radical (unpaired) electrons. The van der Waals surface area contributed by atoms with Crippen molar-refractivity contribution in [3.05, 3.63) is 0 Å². The van der Waals surface area contributed by atoms with Gasteiger partial charge in [0.25, 0.3) is 0 Å².